The highest BCUT2D eigenvalue weighted by atomic mass is 127. The first-order valence-electron chi connectivity index (χ1n) is 15.1. The molecule has 1 fully saturated rings. The molecule has 3 aliphatic heterocycles. The molecule has 3 aliphatic rings. The summed E-state index contributed by atoms with van der Waals surface area (Å²) in [4.78, 5) is 43.9. The van der Waals surface area contributed by atoms with Gasteiger partial charge in [0.15, 0.2) is 13.9 Å². The van der Waals surface area contributed by atoms with Gasteiger partial charge in [0.1, 0.15) is 5.75 Å². The summed E-state index contributed by atoms with van der Waals surface area (Å²) in [6, 6.07) is 21.3. The molecule has 0 radical (unpaired) electrons. The van der Waals surface area contributed by atoms with E-state index >= 15 is 0 Å². The molecule has 0 bridgehead atoms. The first kappa shape index (κ1) is 31.2. The molecule has 8 nitrogen and oxygen atoms in total. The van der Waals surface area contributed by atoms with Crippen LogP contribution in [0.15, 0.2) is 66.7 Å². The van der Waals surface area contributed by atoms with Gasteiger partial charge in [0.05, 0.1) is 44.5 Å². The van der Waals surface area contributed by atoms with Crippen LogP contribution in [-0.4, -0.2) is 60.8 Å². The fourth-order valence-corrected chi connectivity index (χ4v) is 10.6. The molecule has 0 aromatic heterocycles. The number of nitrogens with zero attached hydrogens (tertiary/aromatic N) is 2. The molecular formula is C34H39IN2O6Si. The zero-order chi connectivity index (χ0) is 31.4. The normalized spacial score (nSPS) is 26.2. The minimum absolute atomic E-state index is 0.0100. The fraction of sp³-hybridized carbons (Fsp3) is 0.412. The van der Waals surface area contributed by atoms with Gasteiger partial charge in [0, 0.05) is 27.1 Å². The van der Waals surface area contributed by atoms with Crippen LogP contribution in [0.5, 0.6) is 5.75 Å². The molecule has 10 heteroatoms. The SMILES string of the molecule is COc1ccc2c(c1)[C@]1(O[C@@H](CC(=O)N3Cc4ccccc4C[C@H]3CO)[C@H]([Si](C)(C)O)[C@H]1C)C(=O)N2Cc1ccc(I)cc1. The van der Waals surface area contributed by atoms with E-state index in [0.29, 0.717) is 30.8 Å². The number of rotatable bonds is 7. The Kier molecular flexibility index (Phi) is 8.42. The van der Waals surface area contributed by atoms with Crippen molar-refractivity contribution in [1.29, 1.82) is 0 Å². The van der Waals surface area contributed by atoms with Crippen molar-refractivity contribution in [3.63, 3.8) is 0 Å². The number of hydrogen-bond acceptors (Lipinski definition) is 6. The van der Waals surface area contributed by atoms with Gasteiger partial charge >= 0.3 is 0 Å². The lowest BCUT2D eigenvalue weighted by Gasteiger charge is -2.37. The van der Waals surface area contributed by atoms with Gasteiger partial charge in [-0.1, -0.05) is 43.3 Å². The molecule has 2 N–H and O–H groups in total. The lowest BCUT2D eigenvalue weighted by atomic mass is 9.82. The lowest BCUT2D eigenvalue weighted by Crippen LogP contribution is -2.48. The van der Waals surface area contributed by atoms with Crippen LogP contribution >= 0.6 is 22.6 Å². The summed E-state index contributed by atoms with van der Waals surface area (Å²) in [5.74, 6) is -0.131. The van der Waals surface area contributed by atoms with Crippen molar-refractivity contribution in [3.8, 4) is 5.75 Å². The maximum atomic E-state index is 14.7. The Labute approximate surface area is 273 Å². The van der Waals surface area contributed by atoms with E-state index in [9.17, 15) is 19.5 Å². The number of anilines is 1. The van der Waals surface area contributed by atoms with Crippen molar-refractivity contribution in [3.05, 3.63) is 92.6 Å². The van der Waals surface area contributed by atoms with Gasteiger partial charge in [-0.05, 0) is 89.1 Å². The van der Waals surface area contributed by atoms with E-state index in [0.717, 1.165) is 25.9 Å². The van der Waals surface area contributed by atoms with Crippen LogP contribution in [0.25, 0.3) is 0 Å². The van der Waals surface area contributed by atoms with Crippen molar-refractivity contribution >= 4 is 48.4 Å². The Morgan fingerprint density at radius 1 is 1.11 bits per heavy atom. The highest BCUT2D eigenvalue weighted by Gasteiger charge is 2.66. The number of carbonyl (C=O) groups is 2. The average molecular weight is 727 g/mol. The van der Waals surface area contributed by atoms with Gasteiger partial charge in [0.25, 0.3) is 5.91 Å². The van der Waals surface area contributed by atoms with Crippen LogP contribution in [0.3, 0.4) is 0 Å². The molecule has 44 heavy (non-hydrogen) atoms. The van der Waals surface area contributed by atoms with Crippen LogP contribution in [0, 0.1) is 9.49 Å². The molecule has 0 aliphatic carbocycles. The molecule has 6 rings (SSSR count). The van der Waals surface area contributed by atoms with E-state index in [1.807, 2.05) is 86.7 Å². The second kappa shape index (κ2) is 11.9. The summed E-state index contributed by atoms with van der Waals surface area (Å²) in [6.07, 6.45) is -0.0922. The number of benzene rings is 3. The molecule has 3 heterocycles. The van der Waals surface area contributed by atoms with Gasteiger partial charge in [0.2, 0.25) is 5.91 Å². The third kappa shape index (κ3) is 5.28. The minimum atomic E-state index is -2.97. The zero-order valence-corrected chi connectivity index (χ0v) is 28.7. The highest BCUT2D eigenvalue weighted by Crippen LogP contribution is 2.60. The summed E-state index contributed by atoms with van der Waals surface area (Å²) >= 11 is 2.26. The second-order valence-electron chi connectivity index (χ2n) is 12.8. The van der Waals surface area contributed by atoms with Gasteiger partial charge in [-0.2, -0.15) is 0 Å². The van der Waals surface area contributed by atoms with E-state index in [1.54, 1.807) is 16.9 Å². The molecule has 3 aromatic rings. The number of aliphatic hydroxyl groups is 1. The number of ether oxygens (including phenoxy) is 2. The van der Waals surface area contributed by atoms with Crippen molar-refractivity contribution in [2.24, 2.45) is 5.92 Å². The Morgan fingerprint density at radius 2 is 1.82 bits per heavy atom. The first-order valence-corrected chi connectivity index (χ1v) is 19.2. The first-order chi connectivity index (χ1) is 21.0. The number of hydrogen-bond donors (Lipinski definition) is 2. The van der Waals surface area contributed by atoms with Crippen LogP contribution in [0.4, 0.5) is 5.69 Å². The van der Waals surface area contributed by atoms with Gasteiger partial charge in [-0.3, -0.25) is 9.59 Å². The van der Waals surface area contributed by atoms with E-state index < -0.39 is 31.5 Å². The summed E-state index contributed by atoms with van der Waals surface area (Å²) in [5.41, 5.74) is 2.88. The Balaban J connectivity index is 1.37. The summed E-state index contributed by atoms with van der Waals surface area (Å²) in [7, 11) is -1.37. The van der Waals surface area contributed by atoms with E-state index in [-0.39, 0.29) is 30.9 Å². The number of fused-ring (bicyclic) bond motifs is 3. The summed E-state index contributed by atoms with van der Waals surface area (Å²) < 4.78 is 13.6. The van der Waals surface area contributed by atoms with Gasteiger partial charge < -0.3 is 29.2 Å². The molecule has 5 atom stereocenters. The number of halogens is 1. The van der Waals surface area contributed by atoms with Crippen molar-refractivity contribution < 1.29 is 29.0 Å². The topological polar surface area (TPSA) is 99.5 Å². The van der Waals surface area contributed by atoms with Crippen molar-refractivity contribution in [2.45, 2.75) is 69.2 Å². The summed E-state index contributed by atoms with van der Waals surface area (Å²) in [6.45, 7) is 6.32. The second-order valence-corrected chi connectivity index (χ2v) is 18.0. The molecule has 0 saturated carbocycles. The standard InChI is InChI=1S/C34H39IN2O6Si/c1-21-32(44(3,4)41)30(17-31(39)36-19-24-8-6-5-7-23(24)15-26(36)20-38)43-34(21)28-16-27(42-2)13-14-29(28)37(33(34)40)18-22-9-11-25(35)12-10-22/h5-14,16,21,26,30,32,38,41H,15,17-20H2,1-4H3/t21-,26+,30+,32-,34+/m1/s1. The van der Waals surface area contributed by atoms with Crippen LogP contribution in [-0.2, 0) is 39.4 Å². The fourth-order valence-electron chi connectivity index (χ4n) is 7.64. The lowest BCUT2D eigenvalue weighted by molar-refractivity contribution is -0.151. The largest absolute Gasteiger partial charge is 0.497 e. The quantitative estimate of drug-likeness (QED) is 0.264. The molecule has 232 valence electrons. The third-order valence-corrected chi connectivity index (χ3v) is 12.9. The number of aliphatic hydroxyl groups excluding tert-OH is 1. The summed E-state index contributed by atoms with van der Waals surface area (Å²) in [5, 5.41) is 10.2. The predicted octanol–water partition coefficient (Wildman–Crippen LogP) is 4.98. The van der Waals surface area contributed by atoms with Crippen molar-refractivity contribution in [1.82, 2.24) is 4.90 Å². The van der Waals surface area contributed by atoms with E-state index in [4.69, 9.17) is 9.47 Å². The van der Waals surface area contributed by atoms with Crippen LogP contribution < -0.4 is 9.64 Å². The third-order valence-electron chi connectivity index (χ3n) is 9.71. The smallest absolute Gasteiger partial charge is 0.264 e. The van der Waals surface area contributed by atoms with Gasteiger partial charge in [-0.25, -0.2) is 0 Å². The predicted molar refractivity (Wildman–Crippen MR) is 179 cm³/mol. The highest BCUT2D eigenvalue weighted by molar-refractivity contribution is 14.1. The number of carbonyl (C=O) groups excluding carboxylic acids is 2. The zero-order valence-electron chi connectivity index (χ0n) is 25.5. The van der Waals surface area contributed by atoms with Crippen LogP contribution in [0.2, 0.25) is 18.6 Å². The Morgan fingerprint density at radius 3 is 2.48 bits per heavy atom. The molecule has 3 aromatic carbocycles. The monoisotopic (exact) mass is 726 g/mol. The Hall–Kier alpha value is -2.77. The van der Waals surface area contributed by atoms with Crippen LogP contribution in [0.1, 0.15) is 35.6 Å². The average Bonchev–Trinajstić information content (AvgIpc) is 3.43. The molecule has 1 saturated heterocycles. The minimum Gasteiger partial charge on any atom is -0.497 e. The van der Waals surface area contributed by atoms with E-state index in [1.165, 1.54) is 0 Å². The van der Waals surface area contributed by atoms with E-state index in [2.05, 4.69) is 22.6 Å². The molecule has 0 unspecified atom stereocenters. The van der Waals surface area contributed by atoms with Gasteiger partial charge in [-0.15, -0.1) is 0 Å². The molecular weight excluding hydrogens is 687 g/mol. The maximum absolute atomic E-state index is 14.7. The van der Waals surface area contributed by atoms with Crippen molar-refractivity contribution in [2.75, 3.05) is 18.6 Å². The maximum Gasteiger partial charge on any atom is 0.264 e. The number of amides is 2. The number of methoxy groups -OCH3 is 1. The molecule has 1 spiro atoms. The Bertz CT molecular complexity index is 1580. The molecule has 2 amide bonds.